The summed E-state index contributed by atoms with van der Waals surface area (Å²) in [7, 11) is 1.69. The van der Waals surface area contributed by atoms with Crippen LogP contribution in [-0.2, 0) is 6.42 Å². The van der Waals surface area contributed by atoms with Crippen molar-refractivity contribution >= 4 is 11.6 Å². The molecule has 1 amide bonds. The molecule has 0 radical (unpaired) electrons. The lowest BCUT2D eigenvalue weighted by Gasteiger charge is -2.15. The molecular weight excluding hydrogens is 246 g/mol. The van der Waals surface area contributed by atoms with Gasteiger partial charge in [0.15, 0.2) is 5.82 Å². The first-order chi connectivity index (χ1) is 9.06. The van der Waals surface area contributed by atoms with Crippen molar-refractivity contribution < 1.29 is 9.32 Å². The van der Waals surface area contributed by atoms with Crippen molar-refractivity contribution in [3.63, 3.8) is 0 Å². The Morgan fingerprint density at radius 3 is 2.95 bits per heavy atom. The molecule has 7 heteroatoms. The standard InChI is InChI=1S/C12H15N5O2/c1-8-15-11(16-19-8)4-6-17(2)12(18)10-7-9(13)3-5-14-10/h3,5,7H,4,6H2,1-2H3,(H2,13,14). The molecule has 0 unspecified atom stereocenters. The van der Waals surface area contributed by atoms with Gasteiger partial charge >= 0.3 is 0 Å². The molecule has 2 aromatic rings. The zero-order valence-corrected chi connectivity index (χ0v) is 10.8. The van der Waals surface area contributed by atoms with Crippen LogP contribution in [0.1, 0.15) is 22.2 Å². The number of pyridine rings is 1. The highest BCUT2D eigenvalue weighted by molar-refractivity contribution is 5.92. The molecule has 7 nitrogen and oxygen atoms in total. The smallest absolute Gasteiger partial charge is 0.272 e. The van der Waals surface area contributed by atoms with Crippen LogP contribution in [-0.4, -0.2) is 39.5 Å². The van der Waals surface area contributed by atoms with E-state index in [1.54, 1.807) is 31.0 Å². The number of hydrogen-bond acceptors (Lipinski definition) is 6. The number of hydrogen-bond donors (Lipinski definition) is 1. The molecule has 100 valence electrons. The molecule has 0 saturated carbocycles. The summed E-state index contributed by atoms with van der Waals surface area (Å²) in [5, 5.41) is 3.77. The maximum atomic E-state index is 12.1. The Bertz CT molecular complexity index is 581. The highest BCUT2D eigenvalue weighted by Gasteiger charge is 2.14. The summed E-state index contributed by atoms with van der Waals surface area (Å²) in [5.74, 6) is 0.909. The van der Waals surface area contributed by atoms with Crippen molar-refractivity contribution in [2.24, 2.45) is 0 Å². The molecule has 0 aliphatic carbocycles. The van der Waals surface area contributed by atoms with Crippen molar-refractivity contribution in [1.82, 2.24) is 20.0 Å². The van der Waals surface area contributed by atoms with Crippen LogP contribution in [0.4, 0.5) is 5.69 Å². The van der Waals surface area contributed by atoms with Gasteiger partial charge in [-0.1, -0.05) is 5.16 Å². The SMILES string of the molecule is Cc1nc(CCN(C)C(=O)c2cc(N)ccn2)no1. The topological polar surface area (TPSA) is 98.1 Å². The summed E-state index contributed by atoms with van der Waals surface area (Å²) in [4.78, 5) is 21.7. The third-order valence-corrected chi connectivity index (χ3v) is 2.59. The van der Waals surface area contributed by atoms with Crippen molar-refractivity contribution in [2.75, 3.05) is 19.3 Å². The monoisotopic (exact) mass is 261 g/mol. The third kappa shape index (κ3) is 3.27. The average Bonchev–Trinajstić information content (AvgIpc) is 2.81. The van der Waals surface area contributed by atoms with E-state index in [0.29, 0.717) is 36.1 Å². The Labute approximate surface area is 110 Å². The Hall–Kier alpha value is -2.44. The molecule has 0 saturated heterocycles. The fourth-order valence-corrected chi connectivity index (χ4v) is 1.57. The zero-order valence-electron chi connectivity index (χ0n) is 10.8. The highest BCUT2D eigenvalue weighted by atomic mass is 16.5. The van der Waals surface area contributed by atoms with E-state index < -0.39 is 0 Å². The van der Waals surface area contributed by atoms with Crippen LogP contribution in [0.2, 0.25) is 0 Å². The number of aryl methyl sites for hydroxylation is 1. The van der Waals surface area contributed by atoms with Crippen molar-refractivity contribution in [1.29, 1.82) is 0 Å². The Morgan fingerprint density at radius 2 is 2.32 bits per heavy atom. The number of carbonyl (C=O) groups is 1. The number of amides is 1. The Kier molecular flexibility index (Phi) is 3.74. The molecule has 19 heavy (non-hydrogen) atoms. The number of carbonyl (C=O) groups excluding carboxylic acids is 1. The molecule has 2 rings (SSSR count). The average molecular weight is 261 g/mol. The quantitative estimate of drug-likeness (QED) is 0.868. The lowest BCUT2D eigenvalue weighted by atomic mass is 10.3. The highest BCUT2D eigenvalue weighted by Crippen LogP contribution is 2.06. The normalized spacial score (nSPS) is 10.4. The molecule has 0 aliphatic rings. The van der Waals surface area contributed by atoms with E-state index >= 15 is 0 Å². The second-order valence-electron chi connectivity index (χ2n) is 4.18. The first-order valence-electron chi connectivity index (χ1n) is 5.82. The van der Waals surface area contributed by atoms with Crippen molar-refractivity contribution in [3.05, 3.63) is 35.7 Å². The van der Waals surface area contributed by atoms with Gasteiger partial charge in [0.1, 0.15) is 5.69 Å². The van der Waals surface area contributed by atoms with Gasteiger partial charge in [-0.25, -0.2) is 0 Å². The summed E-state index contributed by atoms with van der Waals surface area (Å²) in [5.41, 5.74) is 6.46. The minimum atomic E-state index is -0.187. The predicted octanol–water partition coefficient (Wildman–Crippen LogP) is 0.670. The lowest BCUT2D eigenvalue weighted by Crippen LogP contribution is -2.29. The number of rotatable bonds is 4. The van der Waals surface area contributed by atoms with E-state index in [4.69, 9.17) is 10.3 Å². The van der Waals surface area contributed by atoms with Gasteiger partial charge in [-0.05, 0) is 12.1 Å². The van der Waals surface area contributed by atoms with Crippen LogP contribution in [0, 0.1) is 6.92 Å². The first kappa shape index (κ1) is 13.0. The number of nitrogens with two attached hydrogens (primary N) is 1. The van der Waals surface area contributed by atoms with Crippen LogP contribution < -0.4 is 5.73 Å². The largest absolute Gasteiger partial charge is 0.399 e. The van der Waals surface area contributed by atoms with Gasteiger partial charge in [0, 0.05) is 38.8 Å². The van der Waals surface area contributed by atoms with Crippen LogP contribution in [0.5, 0.6) is 0 Å². The van der Waals surface area contributed by atoms with Gasteiger partial charge < -0.3 is 15.2 Å². The molecule has 2 N–H and O–H groups in total. The first-order valence-corrected chi connectivity index (χ1v) is 5.82. The molecule has 0 spiro atoms. The minimum absolute atomic E-state index is 0.187. The van der Waals surface area contributed by atoms with E-state index in [0.717, 1.165) is 0 Å². The van der Waals surface area contributed by atoms with Gasteiger partial charge in [-0.3, -0.25) is 9.78 Å². The van der Waals surface area contributed by atoms with Crippen molar-refractivity contribution in [3.8, 4) is 0 Å². The van der Waals surface area contributed by atoms with E-state index in [-0.39, 0.29) is 5.91 Å². The van der Waals surface area contributed by atoms with E-state index in [1.807, 2.05) is 0 Å². The number of nitrogens with zero attached hydrogens (tertiary/aromatic N) is 4. The van der Waals surface area contributed by atoms with E-state index in [1.165, 1.54) is 6.20 Å². The Balaban J connectivity index is 1.96. The van der Waals surface area contributed by atoms with Gasteiger partial charge in [0.2, 0.25) is 5.89 Å². The molecule has 0 atom stereocenters. The summed E-state index contributed by atoms with van der Waals surface area (Å²) in [6.45, 7) is 2.20. The van der Waals surface area contributed by atoms with E-state index in [9.17, 15) is 4.79 Å². The molecule has 0 aliphatic heterocycles. The van der Waals surface area contributed by atoms with Crippen LogP contribution in [0.25, 0.3) is 0 Å². The fraction of sp³-hybridized carbons (Fsp3) is 0.333. The molecule has 2 aromatic heterocycles. The minimum Gasteiger partial charge on any atom is -0.399 e. The molecule has 0 aromatic carbocycles. The van der Waals surface area contributed by atoms with Gasteiger partial charge in [0.05, 0.1) is 0 Å². The maximum absolute atomic E-state index is 12.1. The molecule has 0 bridgehead atoms. The second-order valence-corrected chi connectivity index (χ2v) is 4.18. The molecule has 2 heterocycles. The third-order valence-electron chi connectivity index (χ3n) is 2.59. The van der Waals surface area contributed by atoms with Crippen LogP contribution in [0.3, 0.4) is 0 Å². The number of anilines is 1. The molecular formula is C12H15N5O2. The molecule has 0 fully saturated rings. The van der Waals surface area contributed by atoms with E-state index in [2.05, 4.69) is 15.1 Å². The second kappa shape index (κ2) is 5.47. The summed E-state index contributed by atoms with van der Waals surface area (Å²) in [6.07, 6.45) is 2.04. The van der Waals surface area contributed by atoms with Crippen LogP contribution in [0.15, 0.2) is 22.9 Å². The summed E-state index contributed by atoms with van der Waals surface area (Å²) in [6, 6.07) is 3.19. The number of nitrogen functional groups attached to an aromatic ring is 1. The van der Waals surface area contributed by atoms with Gasteiger partial charge in [-0.2, -0.15) is 4.98 Å². The lowest BCUT2D eigenvalue weighted by molar-refractivity contribution is 0.0790. The van der Waals surface area contributed by atoms with Gasteiger partial charge in [-0.15, -0.1) is 0 Å². The summed E-state index contributed by atoms with van der Waals surface area (Å²) >= 11 is 0. The van der Waals surface area contributed by atoms with Gasteiger partial charge in [0.25, 0.3) is 5.91 Å². The number of aromatic nitrogens is 3. The zero-order chi connectivity index (χ0) is 13.8. The number of likely N-dealkylation sites (N-methyl/N-ethyl adjacent to an activating group) is 1. The Morgan fingerprint density at radius 1 is 1.53 bits per heavy atom. The summed E-state index contributed by atoms with van der Waals surface area (Å²) < 4.78 is 4.86. The predicted molar refractivity (Wildman–Crippen MR) is 68.3 cm³/mol. The maximum Gasteiger partial charge on any atom is 0.272 e. The fourth-order valence-electron chi connectivity index (χ4n) is 1.57. The van der Waals surface area contributed by atoms with Crippen LogP contribution >= 0.6 is 0 Å². The van der Waals surface area contributed by atoms with Crippen molar-refractivity contribution in [2.45, 2.75) is 13.3 Å².